The molecule has 17 heavy (non-hydrogen) atoms. The van der Waals surface area contributed by atoms with Crippen molar-refractivity contribution in [3.8, 4) is 6.07 Å². The Morgan fingerprint density at radius 2 is 2.41 bits per heavy atom. The molecule has 0 saturated carbocycles. The van der Waals surface area contributed by atoms with Gasteiger partial charge >= 0.3 is 0 Å². The molecule has 4 nitrogen and oxygen atoms in total. The summed E-state index contributed by atoms with van der Waals surface area (Å²) >= 11 is 3.37. The van der Waals surface area contributed by atoms with Crippen LogP contribution in [0.15, 0.2) is 22.7 Å². The van der Waals surface area contributed by atoms with Crippen LogP contribution in [0.1, 0.15) is 5.56 Å². The summed E-state index contributed by atoms with van der Waals surface area (Å²) in [5.41, 5.74) is 7.74. The molecule has 2 N–H and O–H groups in total. The van der Waals surface area contributed by atoms with E-state index in [-0.39, 0.29) is 6.10 Å². The fourth-order valence-electron chi connectivity index (χ4n) is 1.87. The molecule has 1 aliphatic rings. The fourth-order valence-corrected chi connectivity index (χ4v) is 2.12. The van der Waals surface area contributed by atoms with Gasteiger partial charge in [-0.3, -0.25) is 4.90 Å². The minimum Gasteiger partial charge on any atom is -0.398 e. The number of rotatable bonds is 2. The number of nitrogen functional groups attached to an aromatic ring is 1. The SMILES string of the molecule is N#CC1CN(Cc2ccc(Br)c(N)c2)CCO1. The Labute approximate surface area is 109 Å². The third-order valence-corrected chi connectivity index (χ3v) is 3.48. The van der Waals surface area contributed by atoms with Gasteiger partial charge in [-0.05, 0) is 33.6 Å². The topological polar surface area (TPSA) is 62.3 Å². The Balaban J connectivity index is 2.00. The summed E-state index contributed by atoms with van der Waals surface area (Å²) < 4.78 is 6.22. The van der Waals surface area contributed by atoms with E-state index in [1.165, 1.54) is 0 Å². The smallest absolute Gasteiger partial charge is 0.156 e. The molecule has 0 aliphatic carbocycles. The van der Waals surface area contributed by atoms with E-state index in [2.05, 4.69) is 26.9 Å². The van der Waals surface area contributed by atoms with Gasteiger partial charge in [0.25, 0.3) is 0 Å². The second kappa shape index (κ2) is 5.50. The van der Waals surface area contributed by atoms with E-state index in [0.717, 1.165) is 28.8 Å². The molecule has 1 heterocycles. The van der Waals surface area contributed by atoms with Gasteiger partial charge in [0, 0.05) is 29.8 Å². The monoisotopic (exact) mass is 295 g/mol. The van der Waals surface area contributed by atoms with Gasteiger partial charge in [0.2, 0.25) is 0 Å². The lowest BCUT2D eigenvalue weighted by Crippen LogP contribution is -2.41. The standard InChI is InChI=1S/C12H14BrN3O/c13-11-2-1-9(5-12(11)15)7-16-3-4-17-10(6-14)8-16/h1-2,5,10H,3-4,7-8,15H2. The van der Waals surface area contributed by atoms with Crippen LogP contribution in [0.3, 0.4) is 0 Å². The van der Waals surface area contributed by atoms with Gasteiger partial charge in [-0.15, -0.1) is 0 Å². The maximum absolute atomic E-state index is 8.83. The molecular weight excluding hydrogens is 282 g/mol. The number of morpholine rings is 1. The third kappa shape index (κ3) is 3.19. The number of hydrogen-bond acceptors (Lipinski definition) is 4. The van der Waals surface area contributed by atoms with Crippen molar-refractivity contribution in [2.45, 2.75) is 12.6 Å². The Morgan fingerprint density at radius 3 is 3.12 bits per heavy atom. The number of benzene rings is 1. The Kier molecular flexibility index (Phi) is 4.00. The van der Waals surface area contributed by atoms with Crippen LogP contribution < -0.4 is 5.73 Å². The largest absolute Gasteiger partial charge is 0.398 e. The molecule has 1 saturated heterocycles. The van der Waals surface area contributed by atoms with E-state index >= 15 is 0 Å². The van der Waals surface area contributed by atoms with Gasteiger partial charge in [-0.25, -0.2) is 0 Å². The molecule has 1 unspecified atom stereocenters. The maximum Gasteiger partial charge on any atom is 0.156 e. The Bertz CT molecular complexity index is 444. The average Bonchev–Trinajstić information content (AvgIpc) is 2.34. The summed E-state index contributed by atoms with van der Waals surface area (Å²) in [4.78, 5) is 2.21. The van der Waals surface area contributed by atoms with Crippen LogP contribution in [0.2, 0.25) is 0 Å². The van der Waals surface area contributed by atoms with Crippen molar-refractivity contribution in [1.82, 2.24) is 4.90 Å². The molecule has 1 aliphatic heterocycles. The van der Waals surface area contributed by atoms with Gasteiger partial charge < -0.3 is 10.5 Å². The van der Waals surface area contributed by atoms with Crippen molar-refractivity contribution in [3.05, 3.63) is 28.2 Å². The average molecular weight is 296 g/mol. The molecule has 0 amide bonds. The van der Waals surface area contributed by atoms with Crippen molar-refractivity contribution in [3.63, 3.8) is 0 Å². The molecule has 2 rings (SSSR count). The van der Waals surface area contributed by atoms with Crippen molar-refractivity contribution in [2.24, 2.45) is 0 Å². The molecule has 0 bridgehead atoms. The highest BCUT2D eigenvalue weighted by atomic mass is 79.9. The lowest BCUT2D eigenvalue weighted by Gasteiger charge is -2.29. The first-order valence-electron chi connectivity index (χ1n) is 5.46. The van der Waals surface area contributed by atoms with Crippen LogP contribution in [-0.2, 0) is 11.3 Å². The molecule has 0 radical (unpaired) electrons. The highest BCUT2D eigenvalue weighted by Crippen LogP contribution is 2.21. The van der Waals surface area contributed by atoms with Crippen molar-refractivity contribution in [1.29, 1.82) is 5.26 Å². The zero-order chi connectivity index (χ0) is 12.3. The quantitative estimate of drug-likeness (QED) is 0.845. The fraction of sp³-hybridized carbons (Fsp3) is 0.417. The summed E-state index contributed by atoms with van der Waals surface area (Å²) in [7, 11) is 0. The Hall–Kier alpha value is -1.09. The first kappa shape index (κ1) is 12.4. The first-order chi connectivity index (χ1) is 8.19. The number of nitrogens with two attached hydrogens (primary N) is 1. The lowest BCUT2D eigenvalue weighted by molar-refractivity contribution is -0.00268. The van der Waals surface area contributed by atoms with Gasteiger partial charge in [0.15, 0.2) is 6.10 Å². The minimum atomic E-state index is -0.309. The van der Waals surface area contributed by atoms with Crippen LogP contribution >= 0.6 is 15.9 Å². The zero-order valence-electron chi connectivity index (χ0n) is 9.40. The Morgan fingerprint density at radius 1 is 1.59 bits per heavy atom. The molecule has 5 heteroatoms. The maximum atomic E-state index is 8.83. The summed E-state index contributed by atoms with van der Waals surface area (Å²) in [5.74, 6) is 0. The van der Waals surface area contributed by atoms with Gasteiger partial charge in [-0.2, -0.15) is 5.26 Å². The molecule has 90 valence electrons. The van der Waals surface area contributed by atoms with Crippen LogP contribution in [0.5, 0.6) is 0 Å². The number of halogens is 1. The van der Waals surface area contributed by atoms with E-state index in [0.29, 0.717) is 13.2 Å². The van der Waals surface area contributed by atoms with Crippen LogP contribution in [0.25, 0.3) is 0 Å². The minimum absolute atomic E-state index is 0.309. The van der Waals surface area contributed by atoms with Crippen LogP contribution in [-0.4, -0.2) is 30.7 Å². The van der Waals surface area contributed by atoms with E-state index < -0.39 is 0 Å². The molecule has 1 aromatic rings. The van der Waals surface area contributed by atoms with E-state index in [9.17, 15) is 0 Å². The molecule has 1 fully saturated rings. The predicted octanol–water partition coefficient (Wildman–Crippen LogP) is 1.76. The van der Waals surface area contributed by atoms with E-state index in [1.54, 1.807) is 0 Å². The second-order valence-electron chi connectivity index (χ2n) is 4.08. The summed E-state index contributed by atoms with van der Waals surface area (Å²) in [6.45, 7) is 2.93. The number of ether oxygens (including phenoxy) is 1. The predicted molar refractivity (Wildman–Crippen MR) is 69.2 cm³/mol. The number of hydrogen-bond donors (Lipinski definition) is 1. The zero-order valence-corrected chi connectivity index (χ0v) is 11.0. The molecule has 1 atom stereocenters. The second-order valence-corrected chi connectivity index (χ2v) is 4.93. The molecule has 1 aromatic carbocycles. The van der Waals surface area contributed by atoms with Crippen molar-refractivity contribution >= 4 is 21.6 Å². The van der Waals surface area contributed by atoms with E-state index in [1.807, 2.05) is 18.2 Å². The first-order valence-corrected chi connectivity index (χ1v) is 6.26. The third-order valence-electron chi connectivity index (χ3n) is 2.76. The highest BCUT2D eigenvalue weighted by Gasteiger charge is 2.19. The highest BCUT2D eigenvalue weighted by molar-refractivity contribution is 9.10. The molecule has 0 aromatic heterocycles. The summed E-state index contributed by atoms with van der Waals surface area (Å²) in [5, 5.41) is 8.83. The van der Waals surface area contributed by atoms with Crippen LogP contribution in [0, 0.1) is 11.3 Å². The number of nitriles is 1. The van der Waals surface area contributed by atoms with Crippen molar-refractivity contribution in [2.75, 3.05) is 25.4 Å². The normalized spacial score (nSPS) is 21.1. The van der Waals surface area contributed by atoms with E-state index in [4.69, 9.17) is 15.7 Å². The van der Waals surface area contributed by atoms with Gasteiger partial charge in [0.1, 0.15) is 0 Å². The molecule has 0 spiro atoms. The number of nitrogens with zero attached hydrogens (tertiary/aromatic N) is 2. The number of anilines is 1. The van der Waals surface area contributed by atoms with Crippen molar-refractivity contribution < 1.29 is 4.74 Å². The summed E-state index contributed by atoms with van der Waals surface area (Å²) in [6, 6.07) is 8.09. The van der Waals surface area contributed by atoms with Crippen LogP contribution in [0.4, 0.5) is 5.69 Å². The van der Waals surface area contributed by atoms with Gasteiger partial charge in [-0.1, -0.05) is 6.07 Å². The van der Waals surface area contributed by atoms with Gasteiger partial charge in [0.05, 0.1) is 12.7 Å². The molecular formula is C12H14BrN3O. The lowest BCUT2D eigenvalue weighted by atomic mass is 10.1. The summed E-state index contributed by atoms with van der Waals surface area (Å²) in [6.07, 6.45) is -0.309.